The van der Waals surface area contributed by atoms with Crippen molar-refractivity contribution in [3.8, 4) is 0 Å². The van der Waals surface area contributed by atoms with E-state index >= 15 is 0 Å². The van der Waals surface area contributed by atoms with Crippen LogP contribution >= 0.6 is 11.3 Å². The Morgan fingerprint density at radius 3 is 2.96 bits per heavy atom. The number of nitrogens with one attached hydrogen (secondary N) is 2. The molecule has 2 aromatic heterocycles. The van der Waals surface area contributed by atoms with Crippen LogP contribution < -0.4 is 10.6 Å². The van der Waals surface area contributed by atoms with Crippen molar-refractivity contribution in [1.29, 1.82) is 0 Å². The summed E-state index contributed by atoms with van der Waals surface area (Å²) in [4.78, 5) is 35.2. The van der Waals surface area contributed by atoms with E-state index in [4.69, 9.17) is 4.98 Å². The molecule has 2 N–H and O–H groups in total. The standard InChI is InChI=1S/C18H23N5O2S/c1-12-9-20-18(26-12)22-16-7-3-6-15(21-16)14-5-4-8-23(11-14)17(25)10-19-13(2)24/h3,6-7,9,14H,4-5,8,10-11H2,1-2H3,(H,19,24)(H,20,21,22). The van der Waals surface area contributed by atoms with Crippen LogP contribution in [0.5, 0.6) is 0 Å². The zero-order chi connectivity index (χ0) is 18.5. The average Bonchev–Trinajstić information content (AvgIpc) is 3.04. The van der Waals surface area contributed by atoms with Gasteiger partial charge in [0.2, 0.25) is 11.8 Å². The molecule has 7 nitrogen and oxygen atoms in total. The van der Waals surface area contributed by atoms with E-state index in [-0.39, 0.29) is 24.3 Å². The van der Waals surface area contributed by atoms with Gasteiger partial charge in [0, 0.05) is 42.7 Å². The van der Waals surface area contributed by atoms with Crippen LogP contribution in [0.1, 0.15) is 36.3 Å². The van der Waals surface area contributed by atoms with Gasteiger partial charge >= 0.3 is 0 Å². The molecule has 3 heterocycles. The molecule has 0 aliphatic carbocycles. The van der Waals surface area contributed by atoms with Crippen molar-refractivity contribution in [2.45, 2.75) is 32.6 Å². The fourth-order valence-electron chi connectivity index (χ4n) is 3.03. The summed E-state index contributed by atoms with van der Waals surface area (Å²) in [7, 11) is 0. The summed E-state index contributed by atoms with van der Waals surface area (Å²) in [5, 5.41) is 6.64. The summed E-state index contributed by atoms with van der Waals surface area (Å²) in [5.41, 5.74) is 0.973. The van der Waals surface area contributed by atoms with Gasteiger partial charge < -0.3 is 15.5 Å². The molecule has 1 saturated heterocycles. The minimum atomic E-state index is -0.190. The van der Waals surface area contributed by atoms with Crippen molar-refractivity contribution >= 4 is 34.1 Å². The molecule has 3 rings (SSSR count). The molecule has 1 unspecified atom stereocenters. The maximum atomic E-state index is 12.3. The Labute approximate surface area is 156 Å². The number of likely N-dealkylation sites (tertiary alicyclic amines) is 1. The van der Waals surface area contributed by atoms with Gasteiger partial charge in [-0.2, -0.15) is 0 Å². The quantitative estimate of drug-likeness (QED) is 0.840. The third-order valence-corrected chi connectivity index (χ3v) is 5.14. The monoisotopic (exact) mass is 373 g/mol. The first kappa shape index (κ1) is 18.3. The molecule has 2 aromatic rings. The molecule has 0 radical (unpaired) electrons. The molecular formula is C18H23N5O2S. The largest absolute Gasteiger partial charge is 0.347 e. The van der Waals surface area contributed by atoms with E-state index in [9.17, 15) is 9.59 Å². The van der Waals surface area contributed by atoms with E-state index in [1.54, 1.807) is 11.3 Å². The number of thiazole rings is 1. The Bertz CT molecular complexity index is 791. The number of rotatable bonds is 5. The highest BCUT2D eigenvalue weighted by atomic mass is 32.1. The van der Waals surface area contributed by atoms with Crippen molar-refractivity contribution in [1.82, 2.24) is 20.2 Å². The second-order valence-corrected chi connectivity index (χ2v) is 7.67. The molecule has 1 atom stereocenters. The molecular weight excluding hydrogens is 350 g/mol. The molecule has 1 aliphatic heterocycles. The molecule has 8 heteroatoms. The fraction of sp³-hybridized carbons (Fsp3) is 0.444. The van der Waals surface area contributed by atoms with Crippen molar-refractivity contribution in [2.75, 3.05) is 25.0 Å². The van der Waals surface area contributed by atoms with Crippen molar-refractivity contribution in [2.24, 2.45) is 0 Å². The van der Waals surface area contributed by atoms with Crippen LogP contribution in [-0.2, 0) is 9.59 Å². The second kappa shape index (κ2) is 8.27. The number of hydrogen-bond donors (Lipinski definition) is 2. The van der Waals surface area contributed by atoms with Gasteiger partial charge in [0.1, 0.15) is 5.82 Å². The highest BCUT2D eigenvalue weighted by molar-refractivity contribution is 7.15. The van der Waals surface area contributed by atoms with Gasteiger partial charge in [-0.3, -0.25) is 9.59 Å². The van der Waals surface area contributed by atoms with Crippen molar-refractivity contribution in [3.05, 3.63) is 35.0 Å². The van der Waals surface area contributed by atoms with Crippen molar-refractivity contribution < 1.29 is 9.59 Å². The third kappa shape index (κ3) is 4.78. The molecule has 1 aliphatic rings. The minimum Gasteiger partial charge on any atom is -0.347 e. The Hall–Kier alpha value is -2.48. The molecule has 26 heavy (non-hydrogen) atoms. The summed E-state index contributed by atoms with van der Waals surface area (Å²) in [6.07, 6.45) is 3.76. The Balaban J connectivity index is 1.65. The van der Waals surface area contributed by atoms with Crippen LogP contribution in [0.15, 0.2) is 24.4 Å². The Kier molecular flexibility index (Phi) is 5.82. The predicted octanol–water partition coefficient (Wildman–Crippen LogP) is 2.43. The molecule has 0 aromatic carbocycles. The van der Waals surface area contributed by atoms with Gasteiger partial charge in [0.25, 0.3) is 0 Å². The second-order valence-electron chi connectivity index (χ2n) is 6.44. The highest BCUT2D eigenvalue weighted by Gasteiger charge is 2.25. The first-order valence-electron chi connectivity index (χ1n) is 8.70. The average molecular weight is 373 g/mol. The first-order valence-corrected chi connectivity index (χ1v) is 9.51. The number of amides is 2. The summed E-state index contributed by atoms with van der Waals surface area (Å²) in [6, 6.07) is 5.90. The fourth-order valence-corrected chi connectivity index (χ4v) is 3.70. The van der Waals surface area contributed by atoms with E-state index in [0.29, 0.717) is 6.54 Å². The number of piperidine rings is 1. The molecule has 0 saturated carbocycles. The number of carbonyl (C=O) groups excluding carboxylic acids is 2. The van der Waals surface area contributed by atoms with Gasteiger partial charge in [0.15, 0.2) is 5.13 Å². The summed E-state index contributed by atoms with van der Waals surface area (Å²) in [5.74, 6) is 0.727. The third-order valence-electron chi connectivity index (χ3n) is 4.31. The molecule has 138 valence electrons. The lowest BCUT2D eigenvalue weighted by Crippen LogP contribution is -2.44. The zero-order valence-corrected chi connectivity index (χ0v) is 15.8. The van der Waals surface area contributed by atoms with E-state index in [2.05, 4.69) is 15.6 Å². The lowest BCUT2D eigenvalue weighted by atomic mass is 9.94. The highest BCUT2D eigenvalue weighted by Crippen LogP contribution is 2.27. The van der Waals surface area contributed by atoms with Crippen LogP contribution in [-0.4, -0.2) is 46.3 Å². The molecule has 2 amide bonds. The summed E-state index contributed by atoms with van der Waals surface area (Å²) >= 11 is 1.59. The van der Waals surface area contributed by atoms with Crippen LogP contribution in [0.25, 0.3) is 0 Å². The molecule has 0 spiro atoms. The van der Waals surface area contributed by atoms with Gasteiger partial charge in [-0.05, 0) is 31.9 Å². The number of aryl methyl sites for hydroxylation is 1. The number of carbonyl (C=O) groups is 2. The molecule has 1 fully saturated rings. The number of aromatic nitrogens is 2. The van der Waals surface area contributed by atoms with E-state index < -0.39 is 0 Å². The van der Waals surface area contributed by atoms with Crippen LogP contribution in [0, 0.1) is 6.92 Å². The van der Waals surface area contributed by atoms with Crippen LogP contribution in [0.3, 0.4) is 0 Å². The number of hydrogen-bond acceptors (Lipinski definition) is 6. The first-order chi connectivity index (χ1) is 12.5. The van der Waals surface area contributed by atoms with Crippen LogP contribution in [0.2, 0.25) is 0 Å². The SMILES string of the molecule is CC(=O)NCC(=O)N1CCCC(c2cccc(Nc3ncc(C)s3)n2)C1. The number of pyridine rings is 1. The maximum Gasteiger partial charge on any atom is 0.241 e. The predicted molar refractivity (Wildman–Crippen MR) is 102 cm³/mol. The maximum absolute atomic E-state index is 12.3. The smallest absolute Gasteiger partial charge is 0.241 e. The normalized spacial score (nSPS) is 17.0. The van der Waals surface area contributed by atoms with E-state index in [1.807, 2.05) is 36.2 Å². The van der Waals surface area contributed by atoms with Gasteiger partial charge in [-0.15, -0.1) is 11.3 Å². The lowest BCUT2D eigenvalue weighted by molar-refractivity contribution is -0.133. The van der Waals surface area contributed by atoms with Gasteiger partial charge in [-0.1, -0.05) is 6.07 Å². The van der Waals surface area contributed by atoms with Crippen LogP contribution in [0.4, 0.5) is 10.9 Å². The number of anilines is 2. The van der Waals surface area contributed by atoms with Crippen molar-refractivity contribution in [3.63, 3.8) is 0 Å². The Morgan fingerprint density at radius 1 is 1.38 bits per heavy atom. The van der Waals surface area contributed by atoms with E-state index in [0.717, 1.165) is 40.9 Å². The zero-order valence-electron chi connectivity index (χ0n) is 15.0. The Morgan fingerprint density at radius 2 is 2.23 bits per heavy atom. The number of nitrogens with zero attached hydrogens (tertiary/aromatic N) is 3. The minimum absolute atomic E-state index is 0.0440. The van der Waals surface area contributed by atoms with Gasteiger partial charge in [0.05, 0.1) is 6.54 Å². The topological polar surface area (TPSA) is 87.2 Å². The van der Waals surface area contributed by atoms with Gasteiger partial charge in [-0.25, -0.2) is 9.97 Å². The summed E-state index contributed by atoms with van der Waals surface area (Å²) in [6.45, 7) is 4.84. The molecule has 0 bridgehead atoms. The summed E-state index contributed by atoms with van der Waals surface area (Å²) < 4.78 is 0. The van der Waals surface area contributed by atoms with E-state index in [1.165, 1.54) is 6.92 Å². The lowest BCUT2D eigenvalue weighted by Gasteiger charge is -2.32.